The largest absolute Gasteiger partial charge is 0.461 e. The number of nitriles is 1. The number of nitrogens with zero attached hydrogens (tertiary/aromatic N) is 1. The van der Waals surface area contributed by atoms with Gasteiger partial charge in [-0.1, -0.05) is 81.7 Å². The van der Waals surface area contributed by atoms with E-state index in [1.807, 2.05) is 62.4 Å². The zero-order valence-electron chi connectivity index (χ0n) is 17.0. The minimum Gasteiger partial charge on any atom is -0.461 e. The Morgan fingerprint density at radius 3 is 2.52 bits per heavy atom. The number of hydrogen-bond donors (Lipinski definition) is 0. The maximum atomic E-state index is 12.7. The molecule has 144 valence electrons. The molecule has 1 atom stereocenters. The molecular weight excluding hydrogens is 334 g/mol. The first-order valence-electron chi connectivity index (χ1n) is 9.75. The molecule has 1 aromatic carbocycles. The van der Waals surface area contributed by atoms with Gasteiger partial charge in [-0.05, 0) is 37.3 Å². The van der Waals surface area contributed by atoms with Crippen LogP contribution in [0, 0.1) is 17.2 Å². The number of rotatable bonds is 10. The van der Waals surface area contributed by atoms with Crippen LogP contribution >= 0.6 is 0 Å². The Morgan fingerprint density at radius 1 is 1.26 bits per heavy atom. The lowest BCUT2D eigenvalue weighted by atomic mass is 9.93. The van der Waals surface area contributed by atoms with Crippen molar-refractivity contribution in [2.45, 2.75) is 53.4 Å². The van der Waals surface area contributed by atoms with Crippen molar-refractivity contribution in [3.63, 3.8) is 0 Å². The van der Waals surface area contributed by atoms with E-state index in [0.29, 0.717) is 18.1 Å². The van der Waals surface area contributed by atoms with Gasteiger partial charge in [-0.2, -0.15) is 5.26 Å². The van der Waals surface area contributed by atoms with Gasteiger partial charge in [0.25, 0.3) is 0 Å². The van der Waals surface area contributed by atoms with E-state index < -0.39 is 5.97 Å². The predicted molar refractivity (Wildman–Crippen MR) is 112 cm³/mol. The number of unbranched alkanes of at least 4 members (excludes halogenated alkanes) is 1. The number of ether oxygens (including phenoxy) is 1. The topological polar surface area (TPSA) is 50.1 Å². The number of benzene rings is 1. The standard InChI is InChI=1S/C24H31NO2/c1-5-8-13-19(4)23(21-15-11-10-12-16-21)22(17-25)24(26)27-18-20(7-3)14-9-6-2/h5,8,10-13,15-16,20H,6-7,9,14,18H2,1-4H3/b8-5-,19-13+,23-22-. The van der Waals surface area contributed by atoms with Crippen LogP contribution in [-0.4, -0.2) is 12.6 Å². The zero-order valence-corrected chi connectivity index (χ0v) is 17.0. The summed E-state index contributed by atoms with van der Waals surface area (Å²) < 4.78 is 5.54. The van der Waals surface area contributed by atoms with E-state index in [1.54, 1.807) is 0 Å². The molecule has 0 saturated carbocycles. The van der Waals surface area contributed by atoms with Crippen LogP contribution in [0.3, 0.4) is 0 Å². The molecule has 0 aliphatic heterocycles. The molecule has 0 radical (unpaired) electrons. The third-order valence-corrected chi connectivity index (χ3v) is 4.55. The summed E-state index contributed by atoms with van der Waals surface area (Å²) in [6, 6.07) is 11.6. The number of carbonyl (C=O) groups is 1. The van der Waals surface area contributed by atoms with E-state index in [0.717, 1.165) is 36.8 Å². The first-order chi connectivity index (χ1) is 13.1. The number of allylic oxidation sites excluding steroid dienone is 5. The Kier molecular flexibility index (Phi) is 10.6. The van der Waals surface area contributed by atoms with Crippen LogP contribution in [0.5, 0.6) is 0 Å². The average molecular weight is 366 g/mol. The summed E-state index contributed by atoms with van der Waals surface area (Å²) in [6.07, 6.45) is 9.97. The molecule has 0 N–H and O–H groups in total. The maximum absolute atomic E-state index is 12.7. The molecule has 0 fully saturated rings. The predicted octanol–water partition coefficient (Wildman–Crippen LogP) is 6.25. The highest BCUT2D eigenvalue weighted by atomic mass is 16.5. The quantitative estimate of drug-likeness (QED) is 0.213. The van der Waals surface area contributed by atoms with Crippen molar-refractivity contribution in [3.8, 4) is 6.07 Å². The lowest BCUT2D eigenvalue weighted by molar-refractivity contribution is -0.139. The molecule has 0 bridgehead atoms. The Hall–Kier alpha value is -2.60. The van der Waals surface area contributed by atoms with Crippen molar-refractivity contribution in [3.05, 3.63) is 65.3 Å². The van der Waals surface area contributed by atoms with Gasteiger partial charge in [0.05, 0.1) is 6.61 Å². The van der Waals surface area contributed by atoms with E-state index in [-0.39, 0.29) is 5.57 Å². The molecule has 3 nitrogen and oxygen atoms in total. The van der Waals surface area contributed by atoms with Crippen LogP contribution < -0.4 is 0 Å². The minimum atomic E-state index is -0.542. The van der Waals surface area contributed by atoms with Gasteiger partial charge in [-0.15, -0.1) is 0 Å². The van der Waals surface area contributed by atoms with Crippen LogP contribution in [0.15, 0.2) is 59.7 Å². The molecule has 0 spiro atoms. The Morgan fingerprint density at radius 2 is 1.96 bits per heavy atom. The van der Waals surface area contributed by atoms with Gasteiger partial charge >= 0.3 is 5.97 Å². The Labute approximate surface area is 164 Å². The van der Waals surface area contributed by atoms with Crippen LogP contribution in [0.1, 0.15) is 58.9 Å². The summed E-state index contributed by atoms with van der Waals surface area (Å²) in [7, 11) is 0. The van der Waals surface area contributed by atoms with E-state index in [1.165, 1.54) is 0 Å². The van der Waals surface area contributed by atoms with Crippen molar-refractivity contribution >= 4 is 11.5 Å². The lowest BCUT2D eigenvalue weighted by Crippen LogP contribution is -2.16. The second kappa shape index (κ2) is 12.7. The smallest absolute Gasteiger partial charge is 0.349 e. The molecule has 3 heteroatoms. The van der Waals surface area contributed by atoms with Crippen LogP contribution in [0.2, 0.25) is 0 Å². The third kappa shape index (κ3) is 7.27. The molecule has 27 heavy (non-hydrogen) atoms. The minimum absolute atomic E-state index is 0.0600. The van der Waals surface area contributed by atoms with Crippen molar-refractivity contribution in [1.29, 1.82) is 5.26 Å². The summed E-state index contributed by atoms with van der Waals surface area (Å²) in [5, 5.41) is 9.71. The summed E-state index contributed by atoms with van der Waals surface area (Å²) >= 11 is 0. The summed E-state index contributed by atoms with van der Waals surface area (Å²) in [5.74, 6) is -0.201. The van der Waals surface area contributed by atoms with Gasteiger partial charge in [0.1, 0.15) is 11.6 Å². The van der Waals surface area contributed by atoms with Crippen molar-refractivity contribution < 1.29 is 9.53 Å². The Bertz CT molecular complexity index is 720. The molecule has 0 amide bonds. The molecule has 1 rings (SSSR count). The molecule has 0 aliphatic carbocycles. The maximum Gasteiger partial charge on any atom is 0.349 e. The molecule has 0 heterocycles. The summed E-state index contributed by atoms with van der Waals surface area (Å²) in [4.78, 5) is 12.7. The van der Waals surface area contributed by atoms with Gasteiger partial charge in [-0.3, -0.25) is 0 Å². The van der Waals surface area contributed by atoms with Crippen LogP contribution in [0.25, 0.3) is 5.57 Å². The fourth-order valence-corrected chi connectivity index (χ4v) is 2.87. The van der Waals surface area contributed by atoms with Crippen LogP contribution in [0.4, 0.5) is 0 Å². The highest BCUT2D eigenvalue weighted by molar-refractivity contribution is 6.05. The van der Waals surface area contributed by atoms with Gasteiger partial charge in [-0.25, -0.2) is 4.79 Å². The molecule has 1 unspecified atom stereocenters. The number of esters is 1. The zero-order chi connectivity index (χ0) is 20.1. The molecular formula is C24H31NO2. The van der Waals surface area contributed by atoms with E-state index in [2.05, 4.69) is 19.9 Å². The van der Waals surface area contributed by atoms with Crippen molar-refractivity contribution in [2.75, 3.05) is 6.61 Å². The molecule has 0 aromatic heterocycles. The summed E-state index contributed by atoms with van der Waals surface area (Å²) in [5.41, 5.74) is 2.38. The monoisotopic (exact) mass is 365 g/mol. The first-order valence-corrected chi connectivity index (χ1v) is 9.75. The average Bonchev–Trinajstić information content (AvgIpc) is 2.70. The normalized spacial score (nSPS) is 13.8. The van der Waals surface area contributed by atoms with Gasteiger partial charge in [0, 0.05) is 5.57 Å². The highest BCUT2D eigenvalue weighted by Crippen LogP contribution is 2.27. The molecule has 1 aromatic rings. The van der Waals surface area contributed by atoms with Crippen molar-refractivity contribution in [1.82, 2.24) is 0 Å². The van der Waals surface area contributed by atoms with Gasteiger partial charge in [0.2, 0.25) is 0 Å². The SMILES string of the molecule is C\C=C/C=C(C)/C(=C(\C#N)C(=O)OCC(CC)CCCC)c1ccccc1. The van der Waals surface area contributed by atoms with E-state index >= 15 is 0 Å². The summed E-state index contributed by atoms with van der Waals surface area (Å²) in [6.45, 7) is 8.45. The van der Waals surface area contributed by atoms with Crippen molar-refractivity contribution in [2.24, 2.45) is 5.92 Å². The van der Waals surface area contributed by atoms with Gasteiger partial charge in [0.15, 0.2) is 0 Å². The van der Waals surface area contributed by atoms with E-state index in [4.69, 9.17) is 4.74 Å². The fourth-order valence-electron chi connectivity index (χ4n) is 2.87. The molecule has 0 aliphatic rings. The van der Waals surface area contributed by atoms with Gasteiger partial charge < -0.3 is 4.74 Å². The van der Waals surface area contributed by atoms with E-state index in [9.17, 15) is 10.1 Å². The van der Waals surface area contributed by atoms with Crippen LogP contribution in [-0.2, 0) is 9.53 Å². The Balaban J connectivity index is 3.19. The molecule has 0 saturated heterocycles. The second-order valence-electron chi connectivity index (χ2n) is 6.62. The first kappa shape index (κ1) is 22.4. The number of carbonyl (C=O) groups excluding carboxylic acids is 1. The third-order valence-electron chi connectivity index (χ3n) is 4.55. The second-order valence-corrected chi connectivity index (χ2v) is 6.62. The lowest BCUT2D eigenvalue weighted by Gasteiger charge is -2.16. The fraction of sp³-hybridized carbons (Fsp3) is 0.417. The highest BCUT2D eigenvalue weighted by Gasteiger charge is 2.20. The number of hydrogen-bond acceptors (Lipinski definition) is 3.